The Kier molecular flexibility index (Phi) is 7.10. The molecule has 0 fully saturated rings. The van der Waals surface area contributed by atoms with Crippen molar-refractivity contribution < 1.29 is 13.2 Å². The molecule has 3 aromatic carbocycles. The highest BCUT2D eigenvalue weighted by Gasteiger charge is 2.29. The molecule has 1 heterocycles. The minimum Gasteiger partial charge on any atom is -0.354 e. The van der Waals surface area contributed by atoms with Crippen LogP contribution in [0.2, 0.25) is 0 Å². The number of fused-ring (bicyclic) bond motifs is 1. The molecule has 36 heavy (non-hydrogen) atoms. The van der Waals surface area contributed by atoms with E-state index in [0.717, 1.165) is 5.56 Å². The summed E-state index contributed by atoms with van der Waals surface area (Å²) in [5.41, 5.74) is 4.90. The molecule has 0 saturated heterocycles. The predicted molar refractivity (Wildman–Crippen MR) is 144 cm³/mol. The molecule has 3 aromatic rings. The molecule has 0 saturated carbocycles. The van der Waals surface area contributed by atoms with Gasteiger partial charge in [0.2, 0.25) is 10.0 Å². The highest BCUT2D eigenvalue weighted by atomic mass is 32.2. The van der Waals surface area contributed by atoms with Crippen molar-refractivity contribution >= 4 is 44.3 Å². The van der Waals surface area contributed by atoms with Gasteiger partial charge in [-0.2, -0.15) is 5.26 Å². The van der Waals surface area contributed by atoms with Crippen molar-refractivity contribution in [2.24, 2.45) is 0 Å². The van der Waals surface area contributed by atoms with E-state index >= 15 is 0 Å². The van der Waals surface area contributed by atoms with Crippen LogP contribution in [0.5, 0.6) is 0 Å². The quantitative estimate of drug-likeness (QED) is 0.455. The molecule has 0 bridgehead atoms. The first kappa shape index (κ1) is 25.0. The van der Waals surface area contributed by atoms with Gasteiger partial charge in [-0.05, 0) is 56.1 Å². The first-order chi connectivity index (χ1) is 17.2. The molecular weight excluding hydrogens is 474 g/mol. The number of nitrogens with zero attached hydrogens (tertiary/aromatic N) is 3. The first-order valence-electron chi connectivity index (χ1n) is 11.3. The maximum atomic E-state index is 13.0. The number of carbonyl (C=O) groups excluding carboxylic acids is 1. The summed E-state index contributed by atoms with van der Waals surface area (Å²) in [6.07, 6.45) is 1.20. The lowest BCUT2D eigenvalue weighted by Gasteiger charge is -2.24. The van der Waals surface area contributed by atoms with Gasteiger partial charge in [-0.15, -0.1) is 0 Å². The second-order valence-corrected chi connectivity index (χ2v) is 10.7. The smallest absolute Gasteiger partial charge is 0.258 e. The van der Waals surface area contributed by atoms with Crippen LogP contribution in [0, 0.1) is 11.3 Å². The van der Waals surface area contributed by atoms with E-state index in [0.29, 0.717) is 52.5 Å². The number of anilines is 3. The topological polar surface area (TPSA) is 106 Å². The van der Waals surface area contributed by atoms with Gasteiger partial charge < -0.3 is 15.5 Å². The van der Waals surface area contributed by atoms with Gasteiger partial charge in [0.15, 0.2) is 0 Å². The summed E-state index contributed by atoms with van der Waals surface area (Å²) in [5, 5.41) is 15.5. The number of nitriles is 1. The number of sulfonamides is 1. The van der Waals surface area contributed by atoms with E-state index in [-0.39, 0.29) is 5.91 Å². The van der Waals surface area contributed by atoms with E-state index in [9.17, 15) is 18.5 Å². The molecular formula is C27H27N5O3S. The second-order valence-electron chi connectivity index (χ2n) is 8.75. The highest BCUT2D eigenvalue weighted by molar-refractivity contribution is 7.92. The Balaban J connectivity index is 1.73. The zero-order chi connectivity index (χ0) is 25.9. The molecule has 1 amide bonds. The third kappa shape index (κ3) is 5.40. The third-order valence-electron chi connectivity index (χ3n) is 5.78. The monoisotopic (exact) mass is 501 g/mol. The minimum absolute atomic E-state index is 0.269. The van der Waals surface area contributed by atoms with Gasteiger partial charge >= 0.3 is 0 Å². The number of carbonyl (C=O) groups is 1. The van der Waals surface area contributed by atoms with Gasteiger partial charge in [-0.3, -0.25) is 9.10 Å². The van der Waals surface area contributed by atoms with E-state index < -0.39 is 10.0 Å². The van der Waals surface area contributed by atoms with Crippen LogP contribution in [-0.2, 0) is 14.8 Å². The molecule has 1 aliphatic heterocycles. The molecule has 9 heteroatoms. The number of benzene rings is 3. The minimum atomic E-state index is -3.45. The SMILES string of the molecule is CN(C)CCN(c1ccc(N/C(=C2\C(=O)Nc3cc(C#N)ccc32)c2ccccc2)cc1)S(C)(=O)=O. The summed E-state index contributed by atoms with van der Waals surface area (Å²) in [4.78, 5) is 15.0. The van der Waals surface area contributed by atoms with Gasteiger partial charge in [0.05, 0.1) is 40.5 Å². The summed E-state index contributed by atoms with van der Waals surface area (Å²) >= 11 is 0. The van der Waals surface area contributed by atoms with Crippen LogP contribution >= 0.6 is 0 Å². The molecule has 4 rings (SSSR count). The molecule has 0 radical (unpaired) electrons. The van der Waals surface area contributed by atoms with E-state index in [1.54, 1.807) is 42.5 Å². The number of hydrogen-bond donors (Lipinski definition) is 2. The van der Waals surface area contributed by atoms with Gasteiger partial charge in [-0.25, -0.2) is 8.42 Å². The Bertz CT molecular complexity index is 1460. The lowest BCUT2D eigenvalue weighted by atomic mass is 9.99. The van der Waals surface area contributed by atoms with Crippen molar-refractivity contribution in [1.29, 1.82) is 5.26 Å². The third-order valence-corrected chi connectivity index (χ3v) is 6.98. The predicted octanol–water partition coefficient (Wildman–Crippen LogP) is 3.82. The summed E-state index contributed by atoms with van der Waals surface area (Å²) in [7, 11) is 0.336. The average Bonchev–Trinajstić information content (AvgIpc) is 3.17. The zero-order valence-electron chi connectivity index (χ0n) is 20.3. The molecule has 0 unspecified atom stereocenters. The molecule has 1 aliphatic rings. The first-order valence-corrected chi connectivity index (χ1v) is 13.2. The van der Waals surface area contributed by atoms with Crippen molar-refractivity contribution in [3.63, 3.8) is 0 Å². The lowest BCUT2D eigenvalue weighted by molar-refractivity contribution is -0.110. The number of nitrogens with one attached hydrogen (secondary N) is 2. The van der Waals surface area contributed by atoms with Gasteiger partial charge in [-0.1, -0.05) is 36.4 Å². The van der Waals surface area contributed by atoms with Gasteiger partial charge in [0.25, 0.3) is 5.91 Å². The number of rotatable bonds is 8. The Labute approximate surface area is 211 Å². The highest BCUT2D eigenvalue weighted by Crippen LogP contribution is 2.38. The van der Waals surface area contributed by atoms with Crippen LogP contribution in [0.1, 0.15) is 16.7 Å². The molecule has 184 valence electrons. The van der Waals surface area contributed by atoms with Crippen LogP contribution < -0.4 is 14.9 Å². The molecule has 0 aromatic heterocycles. The van der Waals surface area contributed by atoms with Crippen molar-refractivity contribution in [2.45, 2.75) is 0 Å². The molecule has 0 spiro atoms. The van der Waals surface area contributed by atoms with E-state index in [1.165, 1.54) is 10.6 Å². The number of amides is 1. The summed E-state index contributed by atoms with van der Waals surface area (Å²) < 4.78 is 26.1. The maximum absolute atomic E-state index is 13.0. The van der Waals surface area contributed by atoms with Crippen LogP contribution in [0.25, 0.3) is 11.3 Å². The summed E-state index contributed by atoms with van der Waals surface area (Å²) in [5.74, 6) is -0.269. The van der Waals surface area contributed by atoms with E-state index in [4.69, 9.17) is 0 Å². The molecule has 0 aliphatic carbocycles. The number of hydrogen-bond acceptors (Lipinski definition) is 6. The second kappa shape index (κ2) is 10.2. The fraction of sp³-hybridized carbons (Fsp3) is 0.185. The fourth-order valence-corrected chi connectivity index (χ4v) is 4.92. The van der Waals surface area contributed by atoms with Crippen LogP contribution in [0.3, 0.4) is 0 Å². The fourth-order valence-electron chi connectivity index (χ4n) is 4.01. The number of likely N-dealkylation sites (N-methyl/N-ethyl adjacent to an activating group) is 1. The molecule has 0 atom stereocenters. The standard InChI is InChI=1S/C27H27N5O3S/c1-31(2)15-16-32(36(3,34)35)22-12-10-21(11-13-22)29-26(20-7-5-4-6-8-20)25-23-14-9-19(18-28)17-24(23)30-27(25)33/h4-14,17,29H,15-16H2,1-3H3,(H,30,33)/b26-25-. The average molecular weight is 502 g/mol. The lowest BCUT2D eigenvalue weighted by Crippen LogP contribution is -2.35. The van der Waals surface area contributed by atoms with E-state index in [2.05, 4.69) is 16.7 Å². The largest absolute Gasteiger partial charge is 0.354 e. The van der Waals surface area contributed by atoms with Crippen molar-refractivity contribution in [1.82, 2.24) is 4.90 Å². The Morgan fingerprint density at radius 2 is 1.69 bits per heavy atom. The van der Waals surface area contributed by atoms with Gasteiger partial charge in [0, 0.05) is 24.3 Å². The van der Waals surface area contributed by atoms with Crippen LogP contribution in [0.15, 0.2) is 72.8 Å². The van der Waals surface area contributed by atoms with Gasteiger partial charge in [0.1, 0.15) is 0 Å². The zero-order valence-corrected chi connectivity index (χ0v) is 21.1. The molecule has 2 N–H and O–H groups in total. The Morgan fingerprint density at radius 3 is 2.31 bits per heavy atom. The van der Waals surface area contributed by atoms with Crippen molar-refractivity contribution in [3.05, 3.63) is 89.5 Å². The van der Waals surface area contributed by atoms with Crippen molar-refractivity contribution in [3.8, 4) is 6.07 Å². The van der Waals surface area contributed by atoms with Crippen LogP contribution in [-0.4, -0.2) is 52.7 Å². The Hall–Kier alpha value is -4.13. The summed E-state index contributed by atoms with van der Waals surface area (Å²) in [6, 6.07) is 23.8. The summed E-state index contributed by atoms with van der Waals surface area (Å²) in [6.45, 7) is 0.916. The maximum Gasteiger partial charge on any atom is 0.258 e. The van der Waals surface area contributed by atoms with Crippen molar-refractivity contribution in [2.75, 3.05) is 48.4 Å². The molecule has 8 nitrogen and oxygen atoms in total. The van der Waals surface area contributed by atoms with E-state index in [1.807, 2.05) is 49.3 Å². The van der Waals surface area contributed by atoms with Crippen LogP contribution in [0.4, 0.5) is 17.1 Å². The Morgan fingerprint density at radius 1 is 1.00 bits per heavy atom. The normalized spacial score (nSPS) is 14.1.